The van der Waals surface area contributed by atoms with Crippen molar-refractivity contribution in [3.8, 4) is 5.75 Å². The monoisotopic (exact) mass is 344 g/mol. The maximum atomic E-state index is 11.4. The van der Waals surface area contributed by atoms with Crippen LogP contribution in [-0.2, 0) is 25.5 Å². The predicted octanol–water partition coefficient (Wildman–Crippen LogP) is 2.62. The lowest BCUT2D eigenvalue weighted by atomic mass is 10.0. The molecule has 7 heteroatoms. The molecule has 1 rings (SSSR count). The van der Waals surface area contributed by atoms with E-state index < -0.39 is 21.7 Å². The number of benzene rings is 1. The van der Waals surface area contributed by atoms with Gasteiger partial charge >= 0.3 is 5.97 Å². The number of hydrogen-bond acceptors (Lipinski definition) is 5. The number of carbonyl (C=O) groups is 1. The summed E-state index contributed by atoms with van der Waals surface area (Å²) < 4.78 is 32.1. The Bertz CT molecular complexity index is 625. The van der Waals surface area contributed by atoms with Crippen LogP contribution in [0.4, 0.5) is 0 Å². The Hall–Kier alpha value is -1.60. The standard InChI is InChI=1S/C16H24O6S/c1-4-10-16(2,15(17)18)22-14-9-5-7-13(12-14)8-6-11-21-23(3,19)20/h5,7,9,12H,4,6,8,10-11H2,1-3H3,(H,17,18). The van der Waals surface area contributed by atoms with E-state index in [1.807, 2.05) is 13.0 Å². The van der Waals surface area contributed by atoms with Crippen LogP contribution in [0.15, 0.2) is 24.3 Å². The summed E-state index contributed by atoms with van der Waals surface area (Å²) in [6.07, 6.45) is 3.29. The molecule has 130 valence electrons. The molecule has 6 nitrogen and oxygen atoms in total. The Labute approximate surface area is 137 Å². The van der Waals surface area contributed by atoms with Gasteiger partial charge in [-0.05, 0) is 43.9 Å². The summed E-state index contributed by atoms with van der Waals surface area (Å²) >= 11 is 0. The zero-order valence-electron chi connectivity index (χ0n) is 13.7. The minimum atomic E-state index is -3.42. The molecule has 0 fully saturated rings. The molecule has 1 aromatic carbocycles. The Kier molecular flexibility index (Phi) is 7.02. The molecule has 0 saturated carbocycles. The predicted molar refractivity (Wildman–Crippen MR) is 87.1 cm³/mol. The first-order valence-corrected chi connectivity index (χ1v) is 9.33. The van der Waals surface area contributed by atoms with E-state index in [-0.39, 0.29) is 6.61 Å². The van der Waals surface area contributed by atoms with Gasteiger partial charge in [0.25, 0.3) is 10.1 Å². The van der Waals surface area contributed by atoms with Crippen molar-refractivity contribution >= 4 is 16.1 Å². The minimum Gasteiger partial charge on any atom is -0.478 e. The van der Waals surface area contributed by atoms with E-state index in [4.69, 9.17) is 4.74 Å². The Morgan fingerprint density at radius 1 is 1.35 bits per heavy atom. The molecule has 0 aliphatic carbocycles. The van der Waals surface area contributed by atoms with E-state index in [1.54, 1.807) is 25.1 Å². The maximum Gasteiger partial charge on any atom is 0.347 e. The lowest BCUT2D eigenvalue weighted by Gasteiger charge is -2.26. The van der Waals surface area contributed by atoms with Gasteiger partial charge in [0.2, 0.25) is 5.60 Å². The van der Waals surface area contributed by atoms with E-state index >= 15 is 0 Å². The fourth-order valence-corrected chi connectivity index (χ4v) is 2.61. The molecule has 1 unspecified atom stereocenters. The number of ether oxygens (including phenoxy) is 1. The van der Waals surface area contributed by atoms with Crippen molar-refractivity contribution in [2.75, 3.05) is 12.9 Å². The number of aliphatic carboxylic acids is 1. The van der Waals surface area contributed by atoms with Crippen LogP contribution in [0, 0.1) is 0 Å². The van der Waals surface area contributed by atoms with Crippen molar-refractivity contribution in [2.24, 2.45) is 0 Å². The molecule has 0 saturated heterocycles. The molecular weight excluding hydrogens is 320 g/mol. The number of carboxylic acids is 1. The van der Waals surface area contributed by atoms with Crippen molar-refractivity contribution in [3.63, 3.8) is 0 Å². The van der Waals surface area contributed by atoms with Crippen molar-refractivity contribution in [1.82, 2.24) is 0 Å². The molecule has 0 heterocycles. The van der Waals surface area contributed by atoms with Gasteiger partial charge in [0, 0.05) is 0 Å². The van der Waals surface area contributed by atoms with Crippen LogP contribution < -0.4 is 4.74 Å². The fraction of sp³-hybridized carbons (Fsp3) is 0.562. The second-order valence-corrected chi connectivity index (χ2v) is 7.31. The molecule has 0 bridgehead atoms. The second-order valence-electron chi connectivity index (χ2n) is 5.67. The van der Waals surface area contributed by atoms with Crippen LogP contribution in [0.1, 0.15) is 38.7 Å². The van der Waals surface area contributed by atoms with Crippen LogP contribution in [0.2, 0.25) is 0 Å². The van der Waals surface area contributed by atoms with Gasteiger partial charge in [-0.3, -0.25) is 4.18 Å². The topological polar surface area (TPSA) is 89.9 Å². The highest BCUT2D eigenvalue weighted by atomic mass is 32.2. The van der Waals surface area contributed by atoms with Gasteiger partial charge < -0.3 is 9.84 Å². The van der Waals surface area contributed by atoms with Crippen LogP contribution >= 0.6 is 0 Å². The molecule has 0 amide bonds. The van der Waals surface area contributed by atoms with Gasteiger partial charge in [-0.25, -0.2) is 4.79 Å². The third-order valence-corrected chi connectivity index (χ3v) is 3.92. The molecule has 0 spiro atoms. The highest BCUT2D eigenvalue weighted by molar-refractivity contribution is 7.85. The highest BCUT2D eigenvalue weighted by Gasteiger charge is 2.34. The van der Waals surface area contributed by atoms with Gasteiger partial charge in [-0.15, -0.1) is 0 Å². The molecule has 0 aliphatic heterocycles. The third kappa shape index (κ3) is 7.00. The average Bonchev–Trinajstić information content (AvgIpc) is 2.43. The van der Waals surface area contributed by atoms with Crippen molar-refractivity contribution < 1.29 is 27.2 Å². The second kappa shape index (κ2) is 8.31. The molecular formula is C16H24O6S. The lowest BCUT2D eigenvalue weighted by Crippen LogP contribution is -2.41. The molecule has 0 aliphatic rings. The van der Waals surface area contributed by atoms with Gasteiger partial charge in [0.15, 0.2) is 0 Å². The van der Waals surface area contributed by atoms with E-state index in [9.17, 15) is 18.3 Å². The quantitative estimate of drug-likeness (QED) is 0.518. The molecule has 1 aromatic rings. The van der Waals surface area contributed by atoms with Crippen LogP contribution in [0.3, 0.4) is 0 Å². The Morgan fingerprint density at radius 3 is 2.61 bits per heavy atom. The van der Waals surface area contributed by atoms with Gasteiger partial charge in [0.1, 0.15) is 5.75 Å². The summed E-state index contributed by atoms with van der Waals surface area (Å²) in [5.74, 6) is -0.504. The molecule has 0 radical (unpaired) electrons. The summed E-state index contributed by atoms with van der Waals surface area (Å²) in [4.78, 5) is 11.4. The highest BCUT2D eigenvalue weighted by Crippen LogP contribution is 2.24. The first kappa shape index (κ1) is 19.4. The first-order valence-electron chi connectivity index (χ1n) is 7.52. The molecule has 1 atom stereocenters. The van der Waals surface area contributed by atoms with E-state index in [0.29, 0.717) is 31.4 Å². The number of rotatable bonds is 10. The van der Waals surface area contributed by atoms with Gasteiger partial charge in [0.05, 0.1) is 12.9 Å². The largest absolute Gasteiger partial charge is 0.478 e. The lowest BCUT2D eigenvalue weighted by molar-refractivity contribution is -0.154. The average molecular weight is 344 g/mol. The van der Waals surface area contributed by atoms with Gasteiger partial charge in [-0.1, -0.05) is 25.5 Å². The number of aryl methyl sites for hydroxylation is 1. The smallest absolute Gasteiger partial charge is 0.347 e. The number of carboxylic acid groups (broad SMARTS) is 1. The zero-order valence-corrected chi connectivity index (χ0v) is 14.6. The molecule has 1 N–H and O–H groups in total. The van der Waals surface area contributed by atoms with Crippen LogP contribution in [-0.4, -0.2) is 38.0 Å². The summed E-state index contributed by atoms with van der Waals surface area (Å²) in [5.41, 5.74) is -0.323. The fourth-order valence-electron chi connectivity index (χ4n) is 2.19. The SMILES string of the molecule is CCCC(C)(Oc1cccc(CCCOS(C)(=O)=O)c1)C(=O)O. The van der Waals surface area contributed by atoms with E-state index in [1.165, 1.54) is 0 Å². The van der Waals surface area contributed by atoms with Gasteiger partial charge in [-0.2, -0.15) is 8.42 Å². The van der Waals surface area contributed by atoms with E-state index in [0.717, 1.165) is 11.8 Å². The Balaban J connectivity index is 2.67. The maximum absolute atomic E-state index is 11.4. The van der Waals surface area contributed by atoms with Crippen molar-refractivity contribution in [3.05, 3.63) is 29.8 Å². The Morgan fingerprint density at radius 2 is 2.04 bits per heavy atom. The first-order chi connectivity index (χ1) is 10.7. The number of hydrogen-bond donors (Lipinski definition) is 1. The summed E-state index contributed by atoms with van der Waals surface area (Å²) in [6.45, 7) is 3.58. The van der Waals surface area contributed by atoms with Crippen molar-refractivity contribution in [1.29, 1.82) is 0 Å². The summed E-state index contributed by atoms with van der Waals surface area (Å²) in [6, 6.07) is 7.16. The third-order valence-electron chi connectivity index (χ3n) is 3.33. The van der Waals surface area contributed by atoms with E-state index in [2.05, 4.69) is 4.18 Å². The normalized spacial score (nSPS) is 14.2. The van der Waals surface area contributed by atoms with Crippen molar-refractivity contribution in [2.45, 2.75) is 45.1 Å². The summed E-state index contributed by atoms with van der Waals surface area (Å²) in [5, 5.41) is 9.35. The van der Waals surface area contributed by atoms with Crippen LogP contribution in [0.5, 0.6) is 5.75 Å². The molecule has 23 heavy (non-hydrogen) atoms. The van der Waals surface area contributed by atoms with Crippen LogP contribution in [0.25, 0.3) is 0 Å². The molecule has 0 aromatic heterocycles. The summed E-state index contributed by atoms with van der Waals surface area (Å²) in [7, 11) is -3.42. The zero-order chi connectivity index (χ0) is 17.5. The minimum absolute atomic E-state index is 0.118.